The molecule has 0 saturated carbocycles. The molecule has 0 aliphatic rings. The van der Waals surface area contributed by atoms with E-state index in [1.807, 2.05) is 0 Å². The maximum atomic E-state index is 4.13. The van der Waals surface area contributed by atoms with Crippen molar-refractivity contribution in [1.82, 2.24) is 16.0 Å². The molecular weight excluding hydrogens is 315 g/mol. The lowest BCUT2D eigenvalue weighted by molar-refractivity contribution is 0.428. The van der Waals surface area contributed by atoms with Crippen molar-refractivity contribution in [2.75, 3.05) is 26.7 Å². The summed E-state index contributed by atoms with van der Waals surface area (Å²) in [6.45, 7) is 11.4. The summed E-state index contributed by atoms with van der Waals surface area (Å²) in [5.41, 5.74) is 0.183. The number of hydrogen-bond acceptors (Lipinski definition) is 2. The van der Waals surface area contributed by atoms with Crippen LogP contribution in [0.25, 0.3) is 0 Å². The van der Waals surface area contributed by atoms with Crippen molar-refractivity contribution < 1.29 is 0 Å². The number of aliphatic imine (C=N–C) groups is 1. The van der Waals surface area contributed by atoms with Crippen molar-refractivity contribution in [2.45, 2.75) is 39.7 Å². The molecule has 0 aliphatic carbocycles. The highest BCUT2D eigenvalue weighted by Gasteiger charge is 2.07. The molecule has 0 bridgehead atoms. The van der Waals surface area contributed by atoms with E-state index in [0.29, 0.717) is 0 Å². The van der Waals surface area contributed by atoms with Crippen LogP contribution in [0.4, 0.5) is 0 Å². The van der Waals surface area contributed by atoms with Crippen LogP contribution in [-0.2, 0) is 0 Å². The van der Waals surface area contributed by atoms with E-state index in [1.54, 1.807) is 7.05 Å². The van der Waals surface area contributed by atoms with Gasteiger partial charge in [-0.25, -0.2) is 0 Å². The molecule has 5 heteroatoms. The lowest BCUT2D eigenvalue weighted by Gasteiger charge is -2.21. The molecule has 16 heavy (non-hydrogen) atoms. The van der Waals surface area contributed by atoms with Gasteiger partial charge in [-0.1, -0.05) is 6.92 Å². The van der Waals surface area contributed by atoms with Crippen LogP contribution in [0.15, 0.2) is 4.99 Å². The Morgan fingerprint density at radius 2 is 1.62 bits per heavy atom. The third-order valence-corrected chi connectivity index (χ3v) is 1.84. The second-order valence-electron chi connectivity index (χ2n) is 4.60. The summed E-state index contributed by atoms with van der Waals surface area (Å²) in [6, 6.07) is 0. The minimum Gasteiger partial charge on any atom is -0.356 e. The van der Waals surface area contributed by atoms with Gasteiger partial charge in [0.05, 0.1) is 0 Å². The molecule has 0 atom stereocenters. The van der Waals surface area contributed by atoms with Crippen molar-refractivity contribution in [3.05, 3.63) is 0 Å². The van der Waals surface area contributed by atoms with Crippen LogP contribution in [-0.4, -0.2) is 38.2 Å². The molecule has 0 fully saturated rings. The number of hydrogen-bond donors (Lipinski definition) is 3. The van der Waals surface area contributed by atoms with Crippen molar-refractivity contribution in [3.8, 4) is 0 Å². The first-order valence-electron chi connectivity index (χ1n) is 5.69. The largest absolute Gasteiger partial charge is 0.356 e. The minimum absolute atomic E-state index is 0. The molecule has 0 rings (SSSR count). The van der Waals surface area contributed by atoms with E-state index < -0.39 is 0 Å². The third kappa shape index (κ3) is 12.0. The predicted octanol–water partition coefficient (Wildman–Crippen LogP) is 1.57. The second-order valence-corrected chi connectivity index (χ2v) is 4.60. The van der Waals surface area contributed by atoms with Crippen molar-refractivity contribution >= 4 is 29.9 Å². The zero-order chi connectivity index (χ0) is 11.7. The van der Waals surface area contributed by atoms with Gasteiger partial charge in [0.1, 0.15) is 0 Å². The molecule has 4 nitrogen and oxygen atoms in total. The lowest BCUT2D eigenvalue weighted by atomic mass is 10.1. The zero-order valence-electron chi connectivity index (χ0n) is 11.2. The molecular formula is C11H27IN4. The summed E-state index contributed by atoms with van der Waals surface area (Å²) in [7, 11) is 1.79. The number of nitrogens with one attached hydrogen (secondary N) is 3. The SMILES string of the molecule is CCCNC(=NC)NCCNC(C)(C)C.I. The van der Waals surface area contributed by atoms with Gasteiger partial charge in [0.25, 0.3) is 0 Å². The standard InChI is InChI=1S/C11H26N4.HI/c1-6-7-13-10(12-5)14-8-9-15-11(2,3)4;/h15H,6-9H2,1-5H3,(H2,12,13,14);1H. The Kier molecular flexibility index (Phi) is 11.6. The van der Waals surface area contributed by atoms with Crippen molar-refractivity contribution in [1.29, 1.82) is 0 Å². The van der Waals surface area contributed by atoms with E-state index in [0.717, 1.165) is 32.0 Å². The molecule has 0 heterocycles. The summed E-state index contributed by atoms with van der Waals surface area (Å²) in [6.07, 6.45) is 1.11. The topological polar surface area (TPSA) is 48.5 Å². The molecule has 0 amide bonds. The first-order chi connectivity index (χ1) is 6.99. The zero-order valence-corrected chi connectivity index (χ0v) is 13.5. The Bertz CT molecular complexity index is 187. The number of rotatable bonds is 5. The normalized spacial score (nSPS) is 11.9. The molecule has 3 N–H and O–H groups in total. The van der Waals surface area contributed by atoms with Crippen LogP contribution in [0.2, 0.25) is 0 Å². The fraction of sp³-hybridized carbons (Fsp3) is 0.909. The lowest BCUT2D eigenvalue weighted by Crippen LogP contribution is -2.44. The minimum atomic E-state index is 0. The smallest absolute Gasteiger partial charge is 0.191 e. The van der Waals surface area contributed by atoms with E-state index in [1.165, 1.54) is 0 Å². The van der Waals surface area contributed by atoms with Gasteiger partial charge < -0.3 is 16.0 Å². The summed E-state index contributed by atoms with van der Waals surface area (Å²) in [5.74, 6) is 0.882. The molecule has 0 aromatic carbocycles. The molecule has 0 spiro atoms. The van der Waals surface area contributed by atoms with E-state index >= 15 is 0 Å². The molecule has 0 aromatic heterocycles. The van der Waals surface area contributed by atoms with Crippen LogP contribution in [0.3, 0.4) is 0 Å². The van der Waals surface area contributed by atoms with Crippen LogP contribution < -0.4 is 16.0 Å². The van der Waals surface area contributed by atoms with Gasteiger partial charge in [-0.05, 0) is 27.2 Å². The predicted molar refractivity (Wildman–Crippen MR) is 82.8 cm³/mol. The molecule has 0 unspecified atom stereocenters. The van der Waals surface area contributed by atoms with Crippen LogP contribution >= 0.6 is 24.0 Å². The van der Waals surface area contributed by atoms with Crippen molar-refractivity contribution in [2.24, 2.45) is 4.99 Å². The van der Waals surface area contributed by atoms with Gasteiger partial charge in [-0.15, -0.1) is 24.0 Å². The van der Waals surface area contributed by atoms with Crippen molar-refractivity contribution in [3.63, 3.8) is 0 Å². The highest BCUT2D eigenvalue weighted by Crippen LogP contribution is 1.96. The monoisotopic (exact) mass is 342 g/mol. The molecule has 0 saturated heterocycles. The fourth-order valence-electron chi connectivity index (χ4n) is 1.08. The first-order valence-corrected chi connectivity index (χ1v) is 5.69. The van der Waals surface area contributed by atoms with Crippen LogP contribution in [0.1, 0.15) is 34.1 Å². The maximum absolute atomic E-state index is 4.13. The van der Waals surface area contributed by atoms with E-state index in [4.69, 9.17) is 0 Å². The number of guanidine groups is 1. The van der Waals surface area contributed by atoms with Gasteiger partial charge in [-0.3, -0.25) is 4.99 Å². The van der Waals surface area contributed by atoms with Crippen LogP contribution in [0, 0.1) is 0 Å². The summed E-state index contributed by atoms with van der Waals surface area (Å²) < 4.78 is 0. The number of nitrogens with zero attached hydrogens (tertiary/aromatic N) is 1. The Morgan fingerprint density at radius 3 is 2.06 bits per heavy atom. The Morgan fingerprint density at radius 1 is 1.06 bits per heavy atom. The van der Waals surface area contributed by atoms with E-state index in [-0.39, 0.29) is 29.5 Å². The Hall–Kier alpha value is -0.0400. The van der Waals surface area contributed by atoms with E-state index in [2.05, 4.69) is 48.6 Å². The van der Waals surface area contributed by atoms with Gasteiger partial charge in [0.15, 0.2) is 5.96 Å². The summed E-state index contributed by atoms with van der Waals surface area (Å²) in [4.78, 5) is 4.13. The summed E-state index contributed by atoms with van der Waals surface area (Å²) >= 11 is 0. The molecule has 0 aromatic rings. The van der Waals surface area contributed by atoms with Gasteiger partial charge in [-0.2, -0.15) is 0 Å². The Balaban J connectivity index is 0. The quantitative estimate of drug-likeness (QED) is 0.308. The highest BCUT2D eigenvalue weighted by atomic mass is 127. The fourth-order valence-corrected chi connectivity index (χ4v) is 1.08. The average molecular weight is 342 g/mol. The average Bonchev–Trinajstić information content (AvgIpc) is 2.15. The second kappa shape index (κ2) is 10.1. The third-order valence-electron chi connectivity index (χ3n) is 1.84. The highest BCUT2D eigenvalue weighted by molar-refractivity contribution is 14.0. The van der Waals surface area contributed by atoms with Gasteiger partial charge >= 0.3 is 0 Å². The maximum Gasteiger partial charge on any atom is 0.191 e. The first kappa shape index (κ1) is 18.3. The number of halogens is 1. The molecule has 0 aliphatic heterocycles. The van der Waals surface area contributed by atoms with Crippen LogP contribution in [0.5, 0.6) is 0 Å². The molecule has 98 valence electrons. The van der Waals surface area contributed by atoms with E-state index in [9.17, 15) is 0 Å². The summed E-state index contributed by atoms with van der Waals surface area (Å²) in [5, 5.41) is 9.89. The van der Waals surface area contributed by atoms with Gasteiger partial charge in [0.2, 0.25) is 0 Å². The Labute approximate surface area is 117 Å². The van der Waals surface area contributed by atoms with Gasteiger partial charge in [0, 0.05) is 32.2 Å². The molecule has 0 radical (unpaired) electrons.